The van der Waals surface area contributed by atoms with Crippen molar-refractivity contribution in [2.45, 2.75) is 52.6 Å². The SMILES string of the molecule is CCOC1(C)CC[C@]2(C(C)C)C[C@H]12. The van der Waals surface area contributed by atoms with Gasteiger partial charge in [0, 0.05) is 6.61 Å². The Labute approximate surface area is 81.9 Å². The van der Waals surface area contributed by atoms with Crippen LogP contribution in [0.15, 0.2) is 0 Å². The molecule has 2 fully saturated rings. The second-order valence-corrected chi connectivity index (χ2v) is 5.39. The molecule has 0 aromatic rings. The standard InChI is InChI=1S/C12H22O/c1-5-13-11(4)6-7-12(9(2)3)8-10(11)12/h9-10H,5-8H2,1-4H3/t10-,11?,12-/m1/s1. The lowest BCUT2D eigenvalue weighted by atomic mass is 9.90. The average Bonchev–Trinajstić information content (AvgIpc) is 2.72. The summed E-state index contributed by atoms with van der Waals surface area (Å²) in [4.78, 5) is 0. The van der Waals surface area contributed by atoms with Gasteiger partial charge in [0.05, 0.1) is 5.60 Å². The molecule has 3 atom stereocenters. The zero-order valence-electron chi connectivity index (χ0n) is 9.39. The van der Waals surface area contributed by atoms with Crippen LogP contribution in [0.3, 0.4) is 0 Å². The van der Waals surface area contributed by atoms with Crippen LogP contribution >= 0.6 is 0 Å². The Hall–Kier alpha value is -0.0400. The van der Waals surface area contributed by atoms with E-state index >= 15 is 0 Å². The van der Waals surface area contributed by atoms with Gasteiger partial charge in [-0.1, -0.05) is 13.8 Å². The van der Waals surface area contributed by atoms with Gasteiger partial charge in [0.15, 0.2) is 0 Å². The minimum absolute atomic E-state index is 0.221. The van der Waals surface area contributed by atoms with Crippen LogP contribution in [0, 0.1) is 17.3 Å². The molecule has 1 nitrogen and oxygen atoms in total. The van der Waals surface area contributed by atoms with Crippen LogP contribution in [-0.4, -0.2) is 12.2 Å². The highest BCUT2D eigenvalue weighted by Gasteiger charge is 2.67. The zero-order chi connectivity index (χ0) is 9.69. The highest BCUT2D eigenvalue weighted by atomic mass is 16.5. The zero-order valence-corrected chi connectivity index (χ0v) is 9.39. The van der Waals surface area contributed by atoms with Crippen molar-refractivity contribution in [2.75, 3.05) is 6.61 Å². The third-order valence-corrected chi connectivity index (χ3v) is 4.57. The van der Waals surface area contributed by atoms with Crippen LogP contribution < -0.4 is 0 Å². The molecule has 76 valence electrons. The van der Waals surface area contributed by atoms with Crippen molar-refractivity contribution in [3.63, 3.8) is 0 Å². The maximum atomic E-state index is 5.92. The van der Waals surface area contributed by atoms with Crippen molar-refractivity contribution in [2.24, 2.45) is 17.3 Å². The number of hydrogen-bond acceptors (Lipinski definition) is 1. The largest absolute Gasteiger partial charge is 0.375 e. The predicted molar refractivity (Wildman–Crippen MR) is 54.6 cm³/mol. The van der Waals surface area contributed by atoms with Crippen molar-refractivity contribution in [1.29, 1.82) is 0 Å². The van der Waals surface area contributed by atoms with Crippen molar-refractivity contribution in [3.05, 3.63) is 0 Å². The monoisotopic (exact) mass is 182 g/mol. The normalized spacial score (nSPS) is 48.2. The summed E-state index contributed by atoms with van der Waals surface area (Å²) in [5.41, 5.74) is 0.892. The molecular weight excluding hydrogens is 160 g/mol. The maximum absolute atomic E-state index is 5.92. The first-order valence-electron chi connectivity index (χ1n) is 5.69. The summed E-state index contributed by atoms with van der Waals surface area (Å²) in [5, 5.41) is 0. The predicted octanol–water partition coefficient (Wildman–Crippen LogP) is 3.24. The molecule has 0 aromatic carbocycles. The molecule has 0 N–H and O–H groups in total. The molecule has 0 spiro atoms. The van der Waals surface area contributed by atoms with Crippen molar-refractivity contribution >= 4 is 0 Å². The topological polar surface area (TPSA) is 9.23 Å². The first-order chi connectivity index (χ1) is 6.05. The fourth-order valence-corrected chi connectivity index (χ4v) is 3.51. The van der Waals surface area contributed by atoms with E-state index in [2.05, 4.69) is 27.7 Å². The number of hydrogen-bond donors (Lipinski definition) is 0. The van der Waals surface area contributed by atoms with Crippen LogP contribution in [-0.2, 0) is 4.74 Å². The van der Waals surface area contributed by atoms with Crippen molar-refractivity contribution in [3.8, 4) is 0 Å². The van der Waals surface area contributed by atoms with Crippen LogP contribution in [0.25, 0.3) is 0 Å². The fourth-order valence-electron chi connectivity index (χ4n) is 3.51. The lowest BCUT2D eigenvalue weighted by molar-refractivity contribution is -0.0374. The highest BCUT2D eigenvalue weighted by molar-refractivity contribution is 5.17. The second kappa shape index (κ2) is 2.73. The van der Waals surface area contributed by atoms with Gasteiger partial charge in [-0.2, -0.15) is 0 Å². The van der Waals surface area contributed by atoms with Gasteiger partial charge in [0.2, 0.25) is 0 Å². The molecule has 2 rings (SSSR count). The minimum Gasteiger partial charge on any atom is -0.375 e. The first kappa shape index (κ1) is 9.51. The fraction of sp³-hybridized carbons (Fsp3) is 1.00. The van der Waals surface area contributed by atoms with E-state index in [1.807, 2.05) is 0 Å². The Balaban J connectivity index is 2.08. The quantitative estimate of drug-likeness (QED) is 0.651. The van der Waals surface area contributed by atoms with Crippen molar-refractivity contribution in [1.82, 2.24) is 0 Å². The summed E-state index contributed by atoms with van der Waals surface area (Å²) >= 11 is 0. The molecule has 0 bridgehead atoms. The molecule has 0 amide bonds. The Morgan fingerprint density at radius 2 is 2.08 bits per heavy atom. The molecule has 2 aliphatic rings. The molecule has 13 heavy (non-hydrogen) atoms. The van der Waals surface area contributed by atoms with Gasteiger partial charge in [-0.25, -0.2) is 0 Å². The van der Waals surface area contributed by atoms with Crippen LogP contribution in [0.5, 0.6) is 0 Å². The Bertz CT molecular complexity index is 211. The van der Waals surface area contributed by atoms with Gasteiger partial charge >= 0.3 is 0 Å². The van der Waals surface area contributed by atoms with Gasteiger partial charge < -0.3 is 4.74 Å². The van der Waals surface area contributed by atoms with Crippen LogP contribution in [0.1, 0.15) is 47.0 Å². The third-order valence-electron chi connectivity index (χ3n) is 4.57. The molecule has 0 heterocycles. The summed E-state index contributed by atoms with van der Waals surface area (Å²) in [7, 11) is 0. The van der Waals surface area contributed by atoms with E-state index in [0.717, 1.165) is 18.4 Å². The Morgan fingerprint density at radius 1 is 1.38 bits per heavy atom. The molecule has 0 aliphatic heterocycles. The lowest BCUT2D eigenvalue weighted by Crippen LogP contribution is -2.29. The Morgan fingerprint density at radius 3 is 2.46 bits per heavy atom. The number of fused-ring (bicyclic) bond motifs is 1. The summed E-state index contributed by atoms with van der Waals surface area (Å²) < 4.78 is 5.92. The van der Waals surface area contributed by atoms with Gasteiger partial charge in [0.25, 0.3) is 0 Å². The van der Waals surface area contributed by atoms with Gasteiger partial charge in [-0.15, -0.1) is 0 Å². The van der Waals surface area contributed by atoms with Gasteiger partial charge in [0.1, 0.15) is 0 Å². The molecule has 1 unspecified atom stereocenters. The summed E-state index contributed by atoms with van der Waals surface area (Å²) in [5.74, 6) is 1.71. The highest BCUT2D eigenvalue weighted by Crippen LogP contribution is 2.71. The molecular formula is C12H22O. The minimum atomic E-state index is 0.221. The molecule has 2 saturated carbocycles. The third kappa shape index (κ3) is 1.16. The lowest BCUT2D eigenvalue weighted by Gasteiger charge is -2.25. The maximum Gasteiger partial charge on any atom is 0.0688 e. The van der Waals surface area contributed by atoms with E-state index in [1.54, 1.807) is 0 Å². The second-order valence-electron chi connectivity index (χ2n) is 5.39. The molecule has 0 aromatic heterocycles. The van der Waals surface area contributed by atoms with Gasteiger partial charge in [-0.3, -0.25) is 0 Å². The van der Waals surface area contributed by atoms with Crippen LogP contribution in [0.2, 0.25) is 0 Å². The summed E-state index contributed by atoms with van der Waals surface area (Å²) in [6, 6.07) is 0. The molecule has 0 radical (unpaired) electrons. The van der Waals surface area contributed by atoms with E-state index in [0.29, 0.717) is 5.41 Å². The van der Waals surface area contributed by atoms with E-state index < -0.39 is 0 Å². The van der Waals surface area contributed by atoms with Crippen molar-refractivity contribution < 1.29 is 4.74 Å². The molecule has 0 saturated heterocycles. The van der Waals surface area contributed by atoms with Gasteiger partial charge in [-0.05, 0) is 50.4 Å². The van der Waals surface area contributed by atoms with E-state index in [-0.39, 0.29) is 5.60 Å². The van der Waals surface area contributed by atoms with Crippen LogP contribution in [0.4, 0.5) is 0 Å². The first-order valence-corrected chi connectivity index (χ1v) is 5.69. The number of ether oxygens (including phenoxy) is 1. The van der Waals surface area contributed by atoms with E-state index in [1.165, 1.54) is 19.3 Å². The molecule has 1 heteroatoms. The average molecular weight is 182 g/mol. The summed E-state index contributed by atoms with van der Waals surface area (Å²) in [6.07, 6.45) is 4.09. The van der Waals surface area contributed by atoms with E-state index in [9.17, 15) is 0 Å². The smallest absolute Gasteiger partial charge is 0.0688 e. The summed E-state index contributed by atoms with van der Waals surface area (Å²) in [6.45, 7) is 10.1. The van der Waals surface area contributed by atoms with E-state index in [4.69, 9.17) is 4.74 Å². The molecule has 2 aliphatic carbocycles. The number of rotatable bonds is 3. The Kier molecular flexibility index (Phi) is 1.99.